The van der Waals surface area contributed by atoms with E-state index in [2.05, 4.69) is 15.6 Å². The number of halogens is 1. The number of benzene rings is 2. The molecule has 1 unspecified atom stereocenters. The maximum absolute atomic E-state index is 14.5. The number of nitriles is 1. The van der Waals surface area contributed by atoms with Crippen LogP contribution in [-0.4, -0.2) is 37.9 Å². The summed E-state index contributed by atoms with van der Waals surface area (Å²) >= 11 is 0. The first-order valence-electron chi connectivity index (χ1n) is 11.3. The molecule has 0 amide bonds. The number of hydrogen-bond donors (Lipinski definition) is 2. The highest BCUT2D eigenvalue weighted by atomic mass is 19.1. The number of aliphatic imine (C=N–C) groups is 1. The standard InChI is InChI=1S/C26H27FN4O2/c1-3-33-21-8-6-18(7-9-21)23-16(2)25(32)26(30-15-17-10-11-29-14-17)31-24(23)19-4-5-20(13-28)22(27)12-19/h4-9,12,16-17,29H,3,10-11,14-15H2,1-2H3,(H,30,31)/t16?,17-/m0/s1. The molecule has 2 atom stereocenters. The highest BCUT2D eigenvalue weighted by Crippen LogP contribution is 2.36. The van der Waals surface area contributed by atoms with E-state index in [1.807, 2.05) is 44.2 Å². The van der Waals surface area contributed by atoms with E-state index in [1.54, 1.807) is 6.07 Å². The van der Waals surface area contributed by atoms with Crippen LogP contribution in [0.2, 0.25) is 0 Å². The average molecular weight is 447 g/mol. The molecule has 0 aliphatic carbocycles. The average Bonchev–Trinajstić information content (AvgIpc) is 3.34. The number of nitrogens with zero attached hydrogens (tertiary/aromatic N) is 2. The maximum atomic E-state index is 14.5. The third-order valence-electron chi connectivity index (χ3n) is 6.10. The highest BCUT2D eigenvalue weighted by Gasteiger charge is 2.33. The fourth-order valence-electron chi connectivity index (χ4n) is 4.29. The summed E-state index contributed by atoms with van der Waals surface area (Å²) in [4.78, 5) is 17.9. The third kappa shape index (κ3) is 4.81. The van der Waals surface area contributed by atoms with Gasteiger partial charge in [-0.2, -0.15) is 5.26 Å². The molecule has 2 N–H and O–H groups in total. The Hall–Kier alpha value is -3.50. The fourth-order valence-corrected chi connectivity index (χ4v) is 4.29. The zero-order valence-corrected chi connectivity index (χ0v) is 18.8. The van der Waals surface area contributed by atoms with Gasteiger partial charge in [-0.3, -0.25) is 9.79 Å². The molecule has 170 valence electrons. The van der Waals surface area contributed by atoms with Gasteiger partial charge in [-0.15, -0.1) is 0 Å². The molecule has 33 heavy (non-hydrogen) atoms. The predicted molar refractivity (Wildman–Crippen MR) is 126 cm³/mol. The fraction of sp³-hybridized carbons (Fsp3) is 0.346. The lowest BCUT2D eigenvalue weighted by Gasteiger charge is -2.28. The van der Waals surface area contributed by atoms with Gasteiger partial charge in [0.1, 0.15) is 17.6 Å². The first-order valence-corrected chi connectivity index (χ1v) is 11.3. The minimum Gasteiger partial charge on any atom is -0.494 e. The maximum Gasteiger partial charge on any atom is 0.204 e. The minimum atomic E-state index is -0.601. The van der Waals surface area contributed by atoms with Gasteiger partial charge in [0.05, 0.1) is 23.8 Å². The van der Waals surface area contributed by atoms with Gasteiger partial charge in [0, 0.05) is 12.1 Å². The van der Waals surface area contributed by atoms with Gasteiger partial charge in [0.25, 0.3) is 0 Å². The number of nitrogens with one attached hydrogen (secondary N) is 2. The molecule has 2 aliphatic heterocycles. The minimum absolute atomic E-state index is 0.0236. The molecule has 4 rings (SSSR count). The number of ether oxygens (including phenoxy) is 1. The van der Waals surface area contributed by atoms with Gasteiger partial charge in [0.15, 0.2) is 5.84 Å². The van der Waals surface area contributed by atoms with E-state index in [-0.39, 0.29) is 11.3 Å². The quantitative estimate of drug-likeness (QED) is 0.705. The van der Waals surface area contributed by atoms with E-state index in [0.29, 0.717) is 36.2 Å². The number of carbonyl (C=O) groups is 1. The third-order valence-corrected chi connectivity index (χ3v) is 6.10. The Balaban J connectivity index is 1.78. The number of rotatable bonds is 6. The molecule has 0 radical (unpaired) electrons. The summed E-state index contributed by atoms with van der Waals surface area (Å²) in [5.74, 6) is 0.262. The second kappa shape index (κ2) is 9.97. The molecule has 1 fully saturated rings. The van der Waals surface area contributed by atoms with Crippen molar-refractivity contribution in [3.8, 4) is 11.8 Å². The van der Waals surface area contributed by atoms with Gasteiger partial charge >= 0.3 is 0 Å². The van der Waals surface area contributed by atoms with Gasteiger partial charge in [0.2, 0.25) is 5.78 Å². The van der Waals surface area contributed by atoms with E-state index >= 15 is 0 Å². The Labute approximate surface area is 193 Å². The van der Waals surface area contributed by atoms with Crippen molar-refractivity contribution in [2.75, 3.05) is 26.2 Å². The SMILES string of the molecule is CCOc1ccc(C2=C(c3ccc(C#N)c(F)c3)NC(=NC[C@H]3CCNC3)C(=O)C2C)cc1. The highest BCUT2D eigenvalue weighted by molar-refractivity contribution is 6.45. The molecule has 7 heteroatoms. The second-order valence-corrected chi connectivity index (χ2v) is 8.31. The van der Waals surface area contributed by atoms with Crippen molar-refractivity contribution in [1.82, 2.24) is 10.6 Å². The van der Waals surface area contributed by atoms with Crippen LogP contribution < -0.4 is 15.4 Å². The molecule has 2 heterocycles. The van der Waals surface area contributed by atoms with Gasteiger partial charge in [-0.25, -0.2) is 4.39 Å². The predicted octanol–water partition coefficient (Wildman–Crippen LogP) is 3.78. The molecule has 0 saturated carbocycles. The van der Waals surface area contributed by atoms with Crippen LogP contribution in [0.15, 0.2) is 47.5 Å². The van der Waals surface area contributed by atoms with Crippen molar-refractivity contribution in [2.45, 2.75) is 20.3 Å². The number of ketones is 1. The number of amidine groups is 1. The zero-order chi connectivity index (χ0) is 23.4. The molecule has 2 aliphatic rings. The van der Waals surface area contributed by atoms with Crippen LogP contribution >= 0.6 is 0 Å². The lowest BCUT2D eigenvalue weighted by Crippen LogP contribution is -2.40. The van der Waals surface area contributed by atoms with Crippen LogP contribution in [0.1, 0.15) is 37.0 Å². The Morgan fingerprint density at radius 1 is 1.21 bits per heavy atom. The number of allylic oxidation sites excluding steroid dienone is 1. The summed E-state index contributed by atoms with van der Waals surface area (Å²) in [6.07, 6.45) is 1.03. The molecular formula is C26H27FN4O2. The Bertz CT molecular complexity index is 1140. The van der Waals surface area contributed by atoms with Crippen LogP contribution in [0, 0.1) is 29.0 Å². The van der Waals surface area contributed by atoms with Gasteiger partial charge in [-0.1, -0.05) is 25.1 Å². The largest absolute Gasteiger partial charge is 0.494 e. The monoisotopic (exact) mass is 446 g/mol. The molecule has 6 nitrogen and oxygen atoms in total. The van der Waals surface area contributed by atoms with Crippen molar-refractivity contribution in [2.24, 2.45) is 16.8 Å². The van der Waals surface area contributed by atoms with Crippen LogP contribution in [0.4, 0.5) is 4.39 Å². The molecule has 0 spiro atoms. The van der Waals surface area contributed by atoms with Crippen LogP contribution in [0.25, 0.3) is 11.3 Å². The normalized spacial score (nSPS) is 21.8. The summed E-state index contributed by atoms with van der Waals surface area (Å²) in [6.45, 7) is 6.74. The van der Waals surface area contributed by atoms with E-state index in [0.717, 1.165) is 36.4 Å². The van der Waals surface area contributed by atoms with E-state index in [1.165, 1.54) is 12.1 Å². The molecule has 0 aromatic heterocycles. The number of Topliss-reactive ketones (excluding diaryl/α,β-unsaturated/α-hetero) is 1. The van der Waals surface area contributed by atoms with Crippen LogP contribution in [0.3, 0.4) is 0 Å². The smallest absolute Gasteiger partial charge is 0.204 e. The summed E-state index contributed by atoms with van der Waals surface area (Å²) in [5, 5.41) is 15.6. The number of hydrogen-bond acceptors (Lipinski definition) is 5. The van der Waals surface area contributed by atoms with Crippen molar-refractivity contribution < 1.29 is 13.9 Å². The van der Waals surface area contributed by atoms with Crippen molar-refractivity contribution >= 4 is 22.9 Å². The zero-order valence-electron chi connectivity index (χ0n) is 18.8. The van der Waals surface area contributed by atoms with Gasteiger partial charge < -0.3 is 15.4 Å². The number of carbonyl (C=O) groups excluding carboxylic acids is 1. The summed E-state index contributed by atoms with van der Waals surface area (Å²) < 4.78 is 20.0. The Morgan fingerprint density at radius 3 is 2.61 bits per heavy atom. The molecule has 2 aromatic rings. The van der Waals surface area contributed by atoms with Crippen LogP contribution in [0.5, 0.6) is 5.75 Å². The Kier molecular flexibility index (Phi) is 6.85. The summed E-state index contributed by atoms with van der Waals surface area (Å²) in [5.41, 5.74) is 2.76. The first kappa shape index (κ1) is 22.7. The van der Waals surface area contributed by atoms with Crippen molar-refractivity contribution in [3.63, 3.8) is 0 Å². The lowest BCUT2D eigenvalue weighted by atomic mass is 9.83. The van der Waals surface area contributed by atoms with Crippen molar-refractivity contribution in [3.05, 3.63) is 65.0 Å². The first-order chi connectivity index (χ1) is 16.0. The van der Waals surface area contributed by atoms with Crippen LogP contribution in [-0.2, 0) is 4.79 Å². The molecule has 0 bridgehead atoms. The molecule has 2 aromatic carbocycles. The summed E-state index contributed by atoms with van der Waals surface area (Å²) in [7, 11) is 0. The lowest BCUT2D eigenvalue weighted by molar-refractivity contribution is -0.114. The molecule has 1 saturated heterocycles. The second-order valence-electron chi connectivity index (χ2n) is 8.31. The van der Waals surface area contributed by atoms with Crippen molar-refractivity contribution in [1.29, 1.82) is 5.26 Å². The van der Waals surface area contributed by atoms with E-state index in [9.17, 15) is 9.18 Å². The van der Waals surface area contributed by atoms with Gasteiger partial charge in [-0.05, 0) is 67.8 Å². The summed E-state index contributed by atoms with van der Waals surface area (Å²) in [6, 6.07) is 13.9. The van der Waals surface area contributed by atoms with E-state index < -0.39 is 11.7 Å². The molecular weight excluding hydrogens is 419 g/mol. The van der Waals surface area contributed by atoms with E-state index in [4.69, 9.17) is 10.00 Å². The Morgan fingerprint density at radius 2 is 1.97 bits per heavy atom. The topological polar surface area (TPSA) is 86.5 Å².